The average molecular weight is 439 g/mol. The van der Waals surface area contributed by atoms with Crippen LogP contribution in [0.4, 0.5) is 0 Å². The molecule has 2 unspecified atom stereocenters. The van der Waals surface area contributed by atoms with E-state index < -0.39 is 0 Å². The monoisotopic (exact) mass is 439 g/mol. The number of guanidine groups is 1. The molecule has 1 saturated heterocycles. The van der Waals surface area contributed by atoms with Gasteiger partial charge >= 0.3 is 0 Å². The Morgan fingerprint density at radius 2 is 2.38 bits per heavy atom. The largest absolute Gasteiger partial charge is 0.356 e. The van der Waals surface area contributed by atoms with Crippen LogP contribution < -0.4 is 10.6 Å². The van der Waals surface area contributed by atoms with E-state index in [0.29, 0.717) is 12.0 Å². The minimum Gasteiger partial charge on any atom is -0.356 e. The summed E-state index contributed by atoms with van der Waals surface area (Å²) in [5, 5.41) is 9.15. The SMILES string of the molecule is CN=C(NCC(C)Cc1cccs1)NC1CCCSC1.I. The molecule has 6 heteroatoms. The van der Waals surface area contributed by atoms with E-state index in [4.69, 9.17) is 0 Å². The van der Waals surface area contributed by atoms with Crippen LogP contribution in [0.15, 0.2) is 22.5 Å². The number of halogens is 1. The van der Waals surface area contributed by atoms with Crippen molar-refractivity contribution >= 4 is 53.0 Å². The van der Waals surface area contributed by atoms with E-state index >= 15 is 0 Å². The fourth-order valence-electron chi connectivity index (χ4n) is 2.36. The first-order valence-corrected chi connectivity index (χ1v) is 9.38. The Bertz CT molecular complexity index is 403. The lowest BCUT2D eigenvalue weighted by molar-refractivity contribution is 0.543. The molecule has 0 amide bonds. The maximum Gasteiger partial charge on any atom is 0.191 e. The number of hydrogen-bond acceptors (Lipinski definition) is 3. The van der Waals surface area contributed by atoms with E-state index in [1.807, 2.05) is 30.1 Å². The highest BCUT2D eigenvalue weighted by molar-refractivity contribution is 14.0. The van der Waals surface area contributed by atoms with Crippen LogP contribution in [0.1, 0.15) is 24.6 Å². The molecule has 1 aliphatic rings. The van der Waals surface area contributed by atoms with Crippen molar-refractivity contribution in [3.63, 3.8) is 0 Å². The van der Waals surface area contributed by atoms with E-state index in [1.54, 1.807) is 0 Å². The smallest absolute Gasteiger partial charge is 0.191 e. The number of hydrogen-bond donors (Lipinski definition) is 2. The van der Waals surface area contributed by atoms with E-state index in [-0.39, 0.29) is 24.0 Å². The van der Waals surface area contributed by atoms with Gasteiger partial charge in [-0.15, -0.1) is 35.3 Å². The van der Waals surface area contributed by atoms with E-state index in [1.165, 1.54) is 29.2 Å². The van der Waals surface area contributed by atoms with Gasteiger partial charge in [0.2, 0.25) is 0 Å². The zero-order valence-corrected chi connectivity index (χ0v) is 16.8. The second kappa shape index (κ2) is 10.7. The Kier molecular flexibility index (Phi) is 9.75. The van der Waals surface area contributed by atoms with Crippen LogP contribution >= 0.6 is 47.1 Å². The lowest BCUT2D eigenvalue weighted by atomic mass is 10.1. The van der Waals surface area contributed by atoms with Gasteiger partial charge in [-0.1, -0.05) is 13.0 Å². The molecule has 1 aromatic rings. The summed E-state index contributed by atoms with van der Waals surface area (Å²) in [4.78, 5) is 5.80. The molecule has 2 rings (SSSR count). The number of thiophene rings is 1. The molecular formula is C15H26IN3S2. The first-order valence-electron chi connectivity index (χ1n) is 7.35. The van der Waals surface area contributed by atoms with Gasteiger partial charge in [0, 0.05) is 30.3 Å². The van der Waals surface area contributed by atoms with Crippen LogP contribution in [0.2, 0.25) is 0 Å². The van der Waals surface area contributed by atoms with Crippen molar-refractivity contribution in [1.29, 1.82) is 0 Å². The number of nitrogens with zero attached hydrogens (tertiary/aromatic N) is 1. The van der Waals surface area contributed by atoms with Crippen molar-refractivity contribution in [1.82, 2.24) is 10.6 Å². The third-order valence-electron chi connectivity index (χ3n) is 3.47. The fourth-order valence-corrected chi connectivity index (χ4v) is 4.30. The molecule has 1 aromatic heterocycles. The molecule has 3 nitrogen and oxygen atoms in total. The lowest BCUT2D eigenvalue weighted by Crippen LogP contribution is -2.46. The van der Waals surface area contributed by atoms with Crippen LogP contribution in [-0.4, -0.2) is 37.1 Å². The second-order valence-corrected chi connectivity index (χ2v) is 7.58. The number of rotatable bonds is 5. The molecule has 2 N–H and O–H groups in total. The average Bonchev–Trinajstić information content (AvgIpc) is 2.97. The van der Waals surface area contributed by atoms with Gasteiger partial charge in [0.1, 0.15) is 0 Å². The normalized spacial score (nSPS) is 20.5. The molecule has 0 saturated carbocycles. The predicted molar refractivity (Wildman–Crippen MR) is 107 cm³/mol. The maximum atomic E-state index is 4.34. The lowest BCUT2D eigenvalue weighted by Gasteiger charge is -2.25. The quantitative estimate of drug-likeness (QED) is 0.418. The molecule has 21 heavy (non-hydrogen) atoms. The standard InChI is InChI=1S/C15H25N3S2.HI/c1-12(9-14-6-4-8-20-14)10-17-15(16-2)18-13-5-3-7-19-11-13;/h4,6,8,12-13H,3,5,7,9-11H2,1-2H3,(H2,16,17,18);1H. The van der Waals surface area contributed by atoms with Crippen molar-refractivity contribution in [2.24, 2.45) is 10.9 Å². The van der Waals surface area contributed by atoms with E-state index in [0.717, 1.165) is 18.9 Å². The van der Waals surface area contributed by atoms with Crippen molar-refractivity contribution in [3.05, 3.63) is 22.4 Å². The van der Waals surface area contributed by atoms with E-state index in [9.17, 15) is 0 Å². The highest BCUT2D eigenvalue weighted by Crippen LogP contribution is 2.17. The third-order valence-corrected chi connectivity index (χ3v) is 5.59. The second-order valence-electron chi connectivity index (χ2n) is 5.40. The Morgan fingerprint density at radius 1 is 1.52 bits per heavy atom. The Hall–Kier alpha value is 0.0500. The van der Waals surface area contributed by atoms with Gasteiger partial charge in [0.25, 0.3) is 0 Å². The maximum absolute atomic E-state index is 4.34. The van der Waals surface area contributed by atoms with Gasteiger partial charge in [0.15, 0.2) is 5.96 Å². The zero-order chi connectivity index (χ0) is 14.2. The molecule has 0 bridgehead atoms. The van der Waals surface area contributed by atoms with Crippen molar-refractivity contribution < 1.29 is 0 Å². The third kappa shape index (κ3) is 7.23. The topological polar surface area (TPSA) is 36.4 Å². The van der Waals surface area contributed by atoms with Crippen molar-refractivity contribution in [2.75, 3.05) is 25.1 Å². The van der Waals surface area contributed by atoms with Crippen molar-refractivity contribution in [3.8, 4) is 0 Å². The van der Waals surface area contributed by atoms with Gasteiger partial charge in [-0.2, -0.15) is 11.8 Å². The summed E-state index contributed by atoms with van der Waals surface area (Å²) in [5.74, 6) is 4.08. The van der Waals surface area contributed by atoms with Crippen LogP contribution in [0.5, 0.6) is 0 Å². The molecule has 1 aliphatic heterocycles. The molecule has 120 valence electrons. The zero-order valence-electron chi connectivity index (χ0n) is 12.8. The highest BCUT2D eigenvalue weighted by atomic mass is 127. The molecule has 1 fully saturated rings. The summed E-state index contributed by atoms with van der Waals surface area (Å²) in [7, 11) is 1.86. The van der Waals surface area contributed by atoms with Gasteiger partial charge in [-0.3, -0.25) is 4.99 Å². The first-order chi connectivity index (χ1) is 9.78. The Morgan fingerprint density at radius 3 is 3.00 bits per heavy atom. The van der Waals surface area contributed by atoms with Gasteiger partial charge < -0.3 is 10.6 Å². The minimum atomic E-state index is 0. The van der Waals surface area contributed by atoms with Crippen LogP contribution in [0, 0.1) is 5.92 Å². The summed E-state index contributed by atoms with van der Waals surface area (Å²) in [6.07, 6.45) is 3.72. The number of nitrogens with one attached hydrogen (secondary N) is 2. The molecular weight excluding hydrogens is 413 g/mol. The summed E-state index contributed by atoms with van der Waals surface area (Å²) in [6.45, 7) is 3.26. The van der Waals surface area contributed by atoms with Crippen LogP contribution in [0.25, 0.3) is 0 Å². The van der Waals surface area contributed by atoms with Gasteiger partial charge in [-0.25, -0.2) is 0 Å². The minimum absolute atomic E-state index is 0. The summed E-state index contributed by atoms with van der Waals surface area (Å²) >= 11 is 3.88. The fraction of sp³-hybridized carbons (Fsp3) is 0.667. The number of thioether (sulfide) groups is 1. The van der Waals surface area contributed by atoms with Crippen molar-refractivity contribution in [2.45, 2.75) is 32.2 Å². The summed E-state index contributed by atoms with van der Waals surface area (Å²) in [6, 6.07) is 4.92. The van der Waals surface area contributed by atoms with Crippen LogP contribution in [-0.2, 0) is 6.42 Å². The molecule has 2 atom stereocenters. The van der Waals surface area contributed by atoms with Crippen LogP contribution in [0.3, 0.4) is 0 Å². The van der Waals surface area contributed by atoms with Gasteiger partial charge in [-0.05, 0) is 42.4 Å². The summed E-state index contributed by atoms with van der Waals surface area (Å²) in [5.41, 5.74) is 0. The Balaban J connectivity index is 0.00000220. The Labute approximate surface area is 153 Å². The molecule has 0 radical (unpaired) electrons. The van der Waals surface area contributed by atoms with Gasteiger partial charge in [0.05, 0.1) is 0 Å². The van der Waals surface area contributed by atoms with E-state index in [2.05, 4.69) is 40.1 Å². The molecule has 2 heterocycles. The number of aliphatic imine (C=N–C) groups is 1. The highest BCUT2D eigenvalue weighted by Gasteiger charge is 2.15. The summed E-state index contributed by atoms with van der Waals surface area (Å²) < 4.78 is 0. The predicted octanol–water partition coefficient (Wildman–Crippen LogP) is 3.61. The molecule has 0 aromatic carbocycles. The molecule has 0 aliphatic carbocycles. The first kappa shape index (κ1) is 19.1. The molecule has 0 spiro atoms.